The van der Waals surface area contributed by atoms with Crippen molar-refractivity contribution < 1.29 is 8.78 Å². The first-order valence-electron chi connectivity index (χ1n) is 7.34. The summed E-state index contributed by atoms with van der Waals surface area (Å²) in [6, 6.07) is 7.87. The van der Waals surface area contributed by atoms with Crippen molar-refractivity contribution >= 4 is 17.3 Å². The second kappa shape index (κ2) is 6.63. The van der Waals surface area contributed by atoms with Crippen LogP contribution in [0.3, 0.4) is 0 Å². The van der Waals surface area contributed by atoms with E-state index in [4.69, 9.17) is 11.6 Å². The maximum atomic E-state index is 13.3. The van der Waals surface area contributed by atoms with Crippen LogP contribution in [-0.2, 0) is 19.4 Å². The molecule has 0 atom stereocenters. The van der Waals surface area contributed by atoms with Crippen molar-refractivity contribution in [1.29, 1.82) is 0 Å². The molecule has 2 aromatic carbocycles. The molecule has 1 aliphatic rings. The van der Waals surface area contributed by atoms with E-state index in [0.29, 0.717) is 17.1 Å². The zero-order valence-electron chi connectivity index (χ0n) is 12.1. The number of fused-ring (bicyclic) bond motifs is 1. The third-order valence-electron chi connectivity index (χ3n) is 3.94. The molecule has 0 radical (unpaired) electrons. The molecule has 0 saturated heterocycles. The molecular formula is C17H17ClF2N2. The predicted molar refractivity (Wildman–Crippen MR) is 85.4 cm³/mol. The lowest BCUT2D eigenvalue weighted by molar-refractivity contribution is 0.507. The molecule has 0 aliphatic carbocycles. The first-order chi connectivity index (χ1) is 10.6. The summed E-state index contributed by atoms with van der Waals surface area (Å²) in [6.07, 6.45) is 1.86. The van der Waals surface area contributed by atoms with Crippen LogP contribution in [0, 0.1) is 11.6 Å². The standard InChI is InChI=1S/C17H17ClF2N2/c18-14-3-2-12-5-7-21-8-6-13(12)17(14)22-10-11-1-4-15(19)16(20)9-11/h1-4,9,21-22H,5-8,10H2. The zero-order chi connectivity index (χ0) is 15.5. The maximum Gasteiger partial charge on any atom is 0.159 e. The summed E-state index contributed by atoms with van der Waals surface area (Å²) in [5.74, 6) is -1.66. The average molecular weight is 323 g/mol. The summed E-state index contributed by atoms with van der Waals surface area (Å²) in [4.78, 5) is 0. The zero-order valence-corrected chi connectivity index (χ0v) is 12.8. The molecule has 116 valence electrons. The van der Waals surface area contributed by atoms with Gasteiger partial charge in [0, 0.05) is 6.54 Å². The van der Waals surface area contributed by atoms with E-state index in [9.17, 15) is 8.78 Å². The predicted octanol–water partition coefficient (Wildman–Crippen LogP) is 3.92. The summed E-state index contributed by atoms with van der Waals surface area (Å²) in [5, 5.41) is 7.30. The minimum Gasteiger partial charge on any atom is -0.380 e. The monoisotopic (exact) mass is 322 g/mol. The van der Waals surface area contributed by atoms with Gasteiger partial charge >= 0.3 is 0 Å². The Hall–Kier alpha value is -1.65. The van der Waals surface area contributed by atoms with Gasteiger partial charge in [-0.1, -0.05) is 23.7 Å². The molecule has 1 aliphatic heterocycles. The van der Waals surface area contributed by atoms with Crippen LogP contribution in [0.1, 0.15) is 16.7 Å². The van der Waals surface area contributed by atoms with Gasteiger partial charge in [0.25, 0.3) is 0 Å². The summed E-state index contributed by atoms with van der Waals surface area (Å²) in [6.45, 7) is 2.27. The minimum atomic E-state index is -0.832. The molecule has 0 spiro atoms. The van der Waals surface area contributed by atoms with Gasteiger partial charge in [0.15, 0.2) is 11.6 Å². The molecule has 0 fully saturated rings. The third kappa shape index (κ3) is 3.23. The lowest BCUT2D eigenvalue weighted by Crippen LogP contribution is -2.16. The van der Waals surface area contributed by atoms with Gasteiger partial charge in [-0.15, -0.1) is 0 Å². The summed E-state index contributed by atoms with van der Waals surface area (Å²) in [5.41, 5.74) is 4.06. The molecule has 2 nitrogen and oxygen atoms in total. The van der Waals surface area contributed by atoms with Gasteiger partial charge in [-0.3, -0.25) is 0 Å². The highest BCUT2D eigenvalue weighted by atomic mass is 35.5. The Bertz CT molecular complexity index is 689. The maximum absolute atomic E-state index is 13.3. The number of nitrogens with one attached hydrogen (secondary N) is 2. The molecule has 2 N–H and O–H groups in total. The van der Waals surface area contributed by atoms with Gasteiger partial charge in [-0.25, -0.2) is 8.78 Å². The smallest absolute Gasteiger partial charge is 0.159 e. The summed E-state index contributed by atoms with van der Waals surface area (Å²) >= 11 is 6.32. The molecule has 0 unspecified atom stereocenters. The van der Waals surface area contributed by atoms with E-state index in [-0.39, 0.29) is 0 Å². The highest BCUT2D eigenvalue weighted by Gasteiger charge is 2.14. The fourth-order valence-electron chi connectivity index (χ4n) is 2.77. The average Bonchev–Trinajstić information content (AvgIpc) is 2.75. The topological polar surface area (TPSA) is 24.1 Å². The summed E-state index contributed by atoms with van der Waals surface area (Å²) < 4.78 is 26.2. The van der Waals surface area contributed by atoms with Gasteiger partial charge in [0.1, 0.15) is 0 Å². The molecule has 22 heavy (non-hydrogen) atoms. The van der Waals surface area contributed by atoms with Crippen molar-refractivity contribution in [2.24, 2.45) is 0 Å². The second-order valence-electron chi connectivity index (χ2n) is 5.41. The number of hydrogen-bond acceptors (Lipinski definition) is 2. The Kier molecular flexibility index (Phi) is 4.60. The number of hydrogen-bond donors (Lipinski definition) is 2. The Morgan fingerprint density at radius 2 is 1.86 bits per heavy atom. The molecule has 5 heteroatoms. The van der Waals surface area contributed by atoms with Crippen LogP contribution in [0.25, 0.3) is 0 Å². The van der Waals surface area contributed by atoms with E-state index in [2.05, 4.69) is 16.7 Å². The molecular weight excluding hydrogens is 306 g/mol. The number of anilines is 1. The Balaban J connectivity index is 1.84. The fraction of sp³-hybridized carbons (Fsp3) is 0.294. The van der Waals surface area contributed by atoms with Crippen LogP contribution in [0.4, 0.5) is 14.5 Å². The molecule has 1 heterocycles. The van der Waals surface area contributed by atoms with E-state index < -0.39 is 11.6 Å². The normalized spacial score (nSPS) is 14.3. The molecule has 0 saturated carbocycles. The van der Waals surface area contributed by atoms with Crippen LogP contribution in [0.2, 0.25) is 5.02 Å². The summed E-state index contributed by atoms with van der Waals surface area (Å²) in [7, 11) is 0. The first-order valence-corrected chi connectivity index (χ1v) is 7.71. The highest BCUT2D eigenvalue weighted by molar-refractivity contribution is 6.33. The van der Waals surface area contributed by atoms with Crippen LogP contribution in [0.5, 0.6) is 0 Å². The molecule has 0 aromatic heterocycles. The van der Waals surface area contributed by atoms with Crippen LogP contribution in [0.15, 0.2) is 30.3 Å². The van der Waals surface area contributed by atoms with E-state index in [1.807, 2.05) is 6.07 Å². The molecule has 3 rings (SSSR count). The number of rotatable bonds is 3. The fourth-order valence-corrected chi connectivity index (χ4v) is 3.02. The van der Waals surface area contributed by atoms with Gasteiger partial charge in [0.05, 0.1) is 10.7 Å². The van der Waals surface area contributed by atoms with Crippen molar-refractivity contribution in [3.05, 3.63) is 63.7 Å². The van der Waals surface area contributed by atoms with Gasteiger partial charge in [-0.2, -0.15) is 0 Å². The number of halogens is 3. The van der Waals surface area contributed by atoms with Crippen molar-refractivity contribution in [2.45, 2.75) is 19.4 Å². The SMILES string of the molecule is Fc1ccc(CNc2c(Cl)ccc3c2CCNCC3)cc1F. The van der Waals surface area contributed by atoms with Crippen LogP contribution >= 0.6 is 11.6 Å². The second-order valence-corrected chi connectivity index (χ2v) is 5.82. The van der Waals surface area contributed by atoms with Crippen molar-refractivity contribution in [3.63, 3.8) is 0 Å². The molecule has 2 aromatic rings. The molecule has 0 amide bonds. The minimum absolute atomic E-state index is 0.404. The van der Waals surface area contributed by atoms with Gasteiger partial charge < -0.3 is 10.6 Å². The third-order valence-corrected chi connectivity index (χ3v) is 4.25. The Morgan fingerprint density at radius 1 is 1.05 bits per heavy atom. The van der Waals surface area contributed by atoms with E-state index in [0.717, 1.165) is 37.7 Å². The molecule has 0 bridgehead atoms. The Labute approximate surface area is 133 Å². The van der Waals surface area contributed by atoms with Crippen molar-refractivity contribution in [2.75, 3.05) is 18.4 Å². The quantitative estimate of drug-likeness (QED) is 0.895. The Morgan fingerprint density at radius 3 is 2.68 bits per heavy atom. The lowest BCUT2D eigenvalue weighted by atomic mass is 10.0. The lowest BCUT2D eigenvalue weighted by Gasteiger charge is -2.16. The van der Waals surface area contributed by atoms with Crippen molar-refractivity contribution in [1.82, 2.24) is 5.32 Å². The van der Waals surface area contributed by atoms with Crippen LogP contribution in [-0.4, -0.2) is 13.1 Å². The van der Waals surface area contributed by atoms with Crippen LogP contribution < -0.4 is 10.6 Å². The number of benzene rings is 2. The van der Waals surface area contributed by atoms with Crippen molar-refractivity contribution in [3.8, 4) is 0 Å². The first kappa shape index (κ1) is 15.3. The van der Waals surface area contributed by atoms with E-state index in [1.54, 1.807) is 6.07 Å². The van der Waals surface area contributed by atoms with E-state index >= 15 is 0 Å². The van der Waals surface area contributed by atoms with E-state index in [1.165, 1.54) is 17.2 Å². The largest absolute Gasteiger partial charge is 0.380 e. The van der Waals surface area contributed by atoms with Gasteiger partial charge in [0.2, 0.25) is 0 Å². The van der Waals surface area contributed by atoms with Gasteiger partial charge in [-0.05, 0) is 60.8 Å². The highest BCUT2D eigenvalue weighted by Crippen LogP contribution is 2.31.